The maximum absolute atomic E-state index is 13.7. The van der Waals surface area contributed by atoms with Crippen LogP contribution in [0.1, 0.15) is 43.4 Å². The highest BCUT2D eigenvalue weighted by Gasteiger charge is 2.11. The highest BCUT2D eigenvalue weighted by Crippen LogP contribution is 2.25. The largest absolute Gasteiger partial charge is 0.491 e. The quantitative estimate of drug-likeness (QED) is 0.329. The second-order valence-corrected chi connectivity index (χ2v) is 9.79. The summed E-state index contributed by atoms with van der Waals surface area (Å²) in [6, 6.07) is 12.1. The summed E-state index contributed by atoms with van der Waals surface area (Å²) in [5.41, 5.74) is 2.26. The molecule has 0 aliphatic carbocycles. The number of hydrogen-bond donors (Lipinski definition) is 2. The highest BCUT2D eigenvalue weighted by molar-refractivity contribution is 7.89. The monoisotopic (exact) mass is 449 g/mol. The van der Waals surface area contributed by atoms with Crippen molar-refractivity contribution in [1.82, 2.24) is 10.6 Å². The fourth-order valence-corrected chi connectivity index (χ4v) is 3.94. The van der Waals surface area contributed by atoms with Gasteiger partial charge < -0.3 is 15.4 Å². The summed E-state index contributed by atoms with van der Waals surface area (Å²) in [4.78, 5) is 4.48. The van der Waals surface area contributed by atoms with Crippen LogP contribution in [0.4, 0.5) is 4.39 Å². The van der Waals surface area contributed by atoms with Crippen molar-refractivity contribution in [3.63, 3.8) is 0 Å². The molecule has 31 heavy (non-hydrogen) atoms. The summed E-state index contributed by atoms with van der Waals surface area (Å²) in [6.45, 7) is 7.99. The van der Waals surface area contributed by atoms with E-state index in [-0.39, 0.29) is 12.3 Å². The molecule has 0 bridgehead atoms. The molecule has 2 rings (SSSR count). The van der Waals surface area contributed by atoms with E-state index in [4.69, 9.17) is 4.74 Å². The van der Waals surface area contributed by atoms with Gasteiger partial charge in [-0.25, -0.2) is 17.8 Å². The minimum atomic E-state index is -3.23. The van der Waals surface area contributed by atoms with Crippen LogP contribution in [0.2, 0.25) is 0 Å². The Kier molecular flexibility index (Phi) is 9.30. The van der Waals surface area contributed by atoms with Crippen molar-refractivity contribution in [3.8, 4) is 5.75 Å². The summed E-state index contributed by atoms with van der Waals surface area (Å²) in [5.74, 6) is 1.22. The van der Waals surface area contributed by atoms with E-state index in [0.717, 1.165) is 17.6 Å². The number of guanidine groups is 1. The molecule has 0 fully saturated rings. The van der Waals surface area contributed by atoms with E-state index in [2.05, 4.69) is 35.5 Å². The van der Waals surface area contributed by atoms with Gasteiger partial charge in [-0.2, -0.15) is 0 Å². The summed E-state index contributed by atoms with van der Waals surface area (Å²) in [5, 5.41) is 6.33. The van der Waals surface area contributed by atoms with E-state index in [0.29, 0.717) is 42.7 Å². The van der Waals surface area contributed by atoms with Gasteiger partial charge in [0, 0.05) is 12.8 Å². The first-order valence-electron chi connectivity index (χ1n) is 10.4. The number of aliphatic imine (C=N–C) groups is 1. The zero-order chi connectivity index (χ0) is 22.9. The minimum Gasteiger partial charge on any atom is -0.491 e. The van der Waals surface area contributed by atoms with Crippen LogP contribution in [0.25, 0.3) is 0 Å². The molecule has 0 radical (unpaired) electrons. The Morgan fingerprint density at radius 3 is 2.55 bits per heavy atom. The third-order valence-electron chi connectivity index (χ3n) is 4.53. The number of benzene rings is 2. The standard InChI is InChI=1S/C23H32FN3O3S/c1-5-25-23(26-12-13-30-22-9-7-6-8-21(22)17(2)3)27-15-19-14-20(24)11-10-18(19)16-31(4,28)29/h6-11,14,17H,5,12-13,15-16H2,1-4H3,(H2,25,26,27). The molecule has 0 aliphatic rings. The van der Waals surface area contributed by atoms with E-state index >= 15 is 0 Å². The molecule has 8 heteroatoms. The van der Waals surface area contributed by atoms with Crippen molar-refractivity contribution in [2.24, 2.45) is 4.99 Å². The maximum Gasteiger partial charge on any atom is 0.191 e. The fraction of sp³-hybridized carbons (Fsp3) is 0.435. The van der Waals surface area contributed by atoms with Crippen LogP contribution < -0.4 is 15.4 Å². The van der Waals surface area contributed by atoms with Gasteiger partial charge in [-0.05, 0) is 47.7 Å². The van der Waals surface area contributed by atoms with E-state index in [9.17, 15) is 12.8 Å². The third-order valence-corrected chi connectivity index (χ3v) is 5.37. The molecular weight excluding hydrogens is 417 g/mol. The molecule has 0 aliphatic heterocycles. The van der Waals surface area contributed by atoms with Gasteiger partial charge in [0.15, 0.2) is 15.8 Å². The molecule has 6 nitrogen and oxygen atoms in total. The summed E-state index contributed by atoms with van der Waals surface area (Å²) < 4.78 is 43.0. The Morgan fingerprint density at radius 1 is 1.13 bits per heavy atom. The molecule has 0 heterocycles. The number of ether oxygens (including phenoxy) is 1. The zero-order valence-corrected chi connectivity index (χ0v) is 19.4. The predicted molar refractivity (Wildman–Crippen MR) is 124 cm³/mol. The maximum atomic E-state index is 13.7. The van der Waals surface area contributed by atoms with Gasteiger partial charge in [0.05, 0.1) is 18.8 Å². The molecule has 2 N–H and O–H groups in total. The number of halogens is 1. The lowest BCUT2D eigenvalue weighted by Crippen LogP contribution is -2.39. The lowest BCUT2D eigenvalue weighted by Gasteiger charge is -2.15. The normalized spacial score (nSPS) is 12.1. The average molecular weight is 450 g/mol. The summed E-state index contributed by atoms with van der Waals surface area (Å²) in [7, 11) is -3.23. The highest BCUT2D eigenvalue weighted by atomic mass is 32.2. The molecule has 0 aromatic heterocycles. The van der Waals surface area contributed by atoms with E-state index in [1.54, 1.807) is 0 Å². The van der Waals surface area contributed by atoms with Crippen molar-refractivity contribution < 1.29 is 17.5 Å². The number of sulfone groups is 1. The number of nitrogens with one attached hydrogen (secondary N) is 2. The molecule has 2 aromatic rings. The molecule has 0 amide bonds. The Labute approximate surface area is 184 Å². The molecule has 0 saturated heterocycles. The van der Waals surface area contributed by atoms with Gasteiger partial charge in [0.2, 0.25) is 0 Å². The predicted octanol–water partition coefficient (Wildman–Crippen LogP) is 3.63. The summed E-state index contributed by atoms with van der Waals surface area (Å²) >= 11 is 0. The topological polar surface area (TPSA) is 79.8 Å². The van der Waals surface area contributed by atoms with Crippen molar-refractivity contribution in [3.05, 3.63) is 65.0 Å². The van der Waals surface area contributed by atoms with Crippen LogP contribution in [-0.2, 0) is 22.1 Å². The first-order valence-corrected chi connectivity index (χ1v) is 12.4. The molecule has 0 unspecified atom stereocenters. The third kappa shape index (κ3) is 8.57. The Balaban J connectivity index is 2.01. The second kappa shape index (κ2) is 11.7. The van der Waals surface area contributed by atoms with Crippen LogP contribution in [0.15, 0.2) is 47.5 Å². The number of hydrogen-bond acceptors (Lipinski definition) is 4. The van der Waals surface area contributed by atoms with E-state index in [1.807, 2.05) is 25.1 Å². The van der Waals surface area contributed by atoms with Gasteiger partial charge in [0.25, 0.3) is 0 Å². The Hall–Kier alpha value is -2.61. The summed E-state index contributed by atoms with van der Waals surface area (Å²) in [6.07, 6.45) is 1.16. The molecular formula is C23H32FN3O3S. The van der Waals surface area contributed by atoms with Crippen LogP contribution in [0.5, 0.6) is 5.75 Å². The average Bonchev–Trinajstić information content (AvgIpc) is 2.70. The van der Waals surface area contributed by atoms with Gasteiger partial charge in [-0.15, -0.1) is 0 Å². The van der Waals surface area contributed by atoms with Crippen molar-refractivity contribution in [2.75, 3.05) is 26.0 Å². The van der Waals surface area contributed by atoms with Crippen LogP contribution >= 0.6 is 0 Å². The molecule has 0 atom stereocenters. The van der Waals surface area contributed by atoms with Crippen LogP contribution in [0, 0.1) is 5.82 Å². The fourth-order valence-electron chi connectivity index (χ4n) is 3.09. The number of para-hydroxylation sites is 1. The first-order chi connectivity index (χ1) is 14.7. The Morgan fingerprint density at radius 2 is 1.87 bits per heavy atom. The van der Waals surface area contributed by atoms with Gasteiger partial charge in [-0.3, -0.25) is 0 Å². The van der Waals surface area contributed by atoms with E-state index in [1.165, 1.54) is 18.2 Å². The number of rotatable bonds is 10. The zero-order valence-electron chi connectivity index (χ0n) is 18.6. The van der Waals surface area contributed by atoms with E-state index < -0.39 is 15.7 Å². The lowest BCUT2D eigenvalue weighted by atomic mass is 10.0. The minimum absolute atomic E-state index is 0.148. The lowest BCUT2D eigenvalue weighted by molar-refractivity contribution is 0.317. The molecule has 170 valence electrons. The van der Waals surface area contributed by atoms with Gasteiger partial charge in [0.1, 0.15) is 18.2 Å². The van der Waals surface area contributed by atoms with Crippen molar-refractivity contribution >= 4 is 15.8 Å². The van der Waals surface area contributed by atoms with Gasteiger partial charge in [-0.1, -0.05) is 38.1 Å². The van der Waals surface area contributed by atoms with Crippen molar-refractivity contribution in [1.29, 1.82) is 0 Å². The SMILES string of the molecule is CCNC(=NCc1cc(F)ccc1CS(C)(=O)=O)NCCOc1ccccc1C(C)C. The second-order valence-electron chi connectivity index (χ2n) is 7.65. The van der Waals surface area contributed by atoms with Gasteiger partial charge >= 0.3 is 0 Å². The Bertz CT molecular complexity index is 991. The molecule has 0 spiro atoms. The smallest absolute Gasteiger partial charge is 0.191 e. The number of nitrogens with zero attached hydrogens (tertiary/aromatic N) is 1. The first kappa shape index (κ1) is 24.7. The molecule has 2 aromatic carbocycles. The van der Waals surface area contributed by atoms with Crippen LogP contribution in [0.3, 0.4) is 0 Å². The van der Waals surface area contributed by atoms with Crippen molar-refractivity contribution in [2.45, 2.75) is 39.0 Å². The van der Waals surface area contributed by atoms with Crippen LogP contribution in [-0.4, -0.2) is 40.3 Å². The molecule has 0 saturated carbocycles.